The Balaban J connectivity index is 1.65. The van der Waals surface area contributed by atoms with E-state index < -0.39 is 0 Å². The summed E-state index contributed by atoms with van der Waals surface area (Å²) in [6.07, 6.45) is 10.7. The van der Waals surface area contributed by atoms with Gasteiger partial charge in [0, 0.05) is 18.2 Å². The minimum Gasteiger partial charge on any atom is -0.272 e. The largest absolute Gasteiger partial charge is 0.272 e. The van der Waals surface area contributed by atoms with Gasteiger partial charge in [0.05, 0.1) is 0 Å². The van der Waals surface area contributed by atoms with Gasteiger partial charge in [-0.1, -0.05) is 0 Å². The molecule has 102 valence electrons. The minimum atomic E-state index is -0.103. The Morgan fingerprint density at radius 3 is 1.84 bits per heavy atom. The van der Waals surface area contributed by atoms with Crippen molar-refractivity contribution in [2.75, 3.05) is 0 Å². The van der Waals surface area contributed by atoms with Crippen LogP contribution in [0.1, 0.15) is 45.4 Å². The van der Waals surface area contributed by atoms with Crippen LogP contribution in [-0.2, 0) is 9.59 Å². The monoisotopic (exact) mass is 259 g/mol. The van der Waals surface area contributed by atoms with E-state index in [1.54, 1.807) is 0 Å². The molecule has 1 atom stereocenters. The molecule has 0 saturated heterocycles. The first-order valence-electron chi connectivity index (χ1n) is 7.63. The van der Waals surface area contributed by atoms with Crippen molar-refractivity contribution < 1.29 is 9.59 Å². The fraction of sp³-hybridized carbons (Fsp3) is 0.750. The summed E-state index contributed by atoms with van der Waals surface area (Å²) in [6.45, 7) is 2.11. The van der Waals surface area contributed by atoms with Crippen LogP contribution in [-0.4, -0.2) is 22.8 Å². The molecule has 0 aromatic heterocycles. The van der Waals surface area contributed by atoms with E-state index >= 15 is 0 Å². The number of hydrogen-bond acceptors (Lipinski definition) is 2. The summed E-state index contributed by atoms with van der Waals surface area (Å²) >= 11 is 0. The maximum absolute atomic E-state index is 11.9. The van der Waals surface area contributed by atoms with E-state index in [-0.39, 0.29) is 23.3 Å². The lowest BCUT2D eigenvalue weighted by atomic mass is 9.47. The molecular formula is C16H21NO2. The third kappa shape index (κ3) is 1.56. The summed E-state index contributed by atoms with van der Waals surface area (Å²) in [5.74, 6) is 2.36. The average molecular weight is 259 g/mol. The molecule has 0 radical (unpaired) electrons. The SMILES string of the molecule is CC(N1C(=O)C=CC1=O)C12CC3CC(CC(C3)C1)C2. The molecule has 3 nitrogen and oxygen atoms in total. The minimum absolute atomic E-state index is 0.0795. The van der Waals surface area contributed by atoms with Gasteiger partial charge in [-0.15, -0.1) is 0 Å². The van der Waals surface area contributed by atoms with Crippen molar-refractivity contribution in [3.63, 3.8) is 0 Å². The van der Waals surface area contributed by atoms with Crippen LogP contribution in [0.15, 0.2) is 12.2 Å². The number of rotatable bonds is 2. The Labute approximate surface area is 114 Å². The summed E-state index contributed by atoms with van der Waals surface area (Å²) in [7, 11) is 0. The molecule has 19 heavy (non-hydrogen) atoms. The Bertz CT molecular complexity index is 426. The van der Waals surface area contributed by atoms with Crippen LogP contribution in [0.3, 0.4) is 0 Å². The summed E-state index contributed by atoms with van der Waals surface area (Å²) in [5.41, 5.74) is 0.228. The smallest absolute Gasteiger partial charge is 0.253 e. The maximum atomic E-state index is 11.9. The Morgan fingerprint density at radius 1 is 1.00 bits per heavy atom. The van der Waals surface area contributed by atoms with Crippen molar-refractivity contribution >= 4 is 11.8 Å². The molecule has 1 unspecified atom stereocenters. The van der Waals surface area contributed by atoms with Crippen LogP contribution in [0.5, 0.6) is 0 Å². The van der Waals surface area contributed by atoms with E-state index in [2.05, 4.69) is 6.92 Å². The lowest BCUT2D eigenvalue weighted by Gasteiger charge is -2.59. The average Bonchev–Trinajstić information content (AvgIpc) is 2.66. The fourth-order valence-corrected chi connectivity index (χ4v) is 5.76. The molecule has 2 amide bonds. The lowest BCUT2D eigenvalue weighted by Crippen LogP contribution is -2.57. The number of amides is 2. The van der Waals surface area contributed by atoms with E-state index in [4.69, 9.17) is 0 Å². The predicted octanol–water partition coefficient (Wildman–Crippen LogP) is 2.52. The van der Waals surface area contributed by atoms with Gasteiger partial charge < -0.3 is 0 Å². The highest BCUT2D eigenvalue weighted by atomic mass is 16.2. The van der Waals surface area contributed by atoms with Gasteiger partial charge in [0.15, 0.2) is 0 Å². The van der Waals surface area contributed by atoms with Gasteiger partial charge in [0.25, 0.3) is 11.8 Å². The molecule has 5 aliphatic rings. The molecule has 4 bridgehead atoms. The molecule has 0 spiro atoms. The van der Waals surface area contributed by atoms with Gasteiger partial charge in [-0.2, -0.15) is 0 Å². The van der Waals surface area contributed by atoms with Gasteiger partial charge in [0.2, 0.25) is 0 Å². The van der Waals surface area contributed by atoms with Gasteiger partial charge >= 0.3 is 0 Å². The van der Waals surface area contributed by atoms with E-state index in [0.29, 0.717) is 0 Å². The van der Waals surface area contributed by atoms with E-state index in [0.717, 1.165) is 17.8 Å². The molecule has 0 N–H and O–H groups in total. The highest BCUT2D eigenvalue weighted by Gasteiger charge is 2.55. The van der Waals surface area contributed by atoms with Crippen molar-refractivity contribution in [1.82, 2.24) is 4.90 Å². The number of carbonyl (C=O) groups is 2. The number of nitrogens with zero attached hydrogens (tertiary/aromatic N) is 1. The third-order valence-corrected chi connectivity index (χ3v) is 6.20. The van der Waals surface area contributed by atoms with Crippen LogP contribution >= 0.6 is 0 Å². The van der Waals surface area contributed by atoms with Crippen molar-refractivity contribution in [3.8, 4) is 0 Å². The van der Waals surface area contributed by atoms with Crippen LogP contribution in [0.4, 0.5) is 0 Å². The van der Waals surface area contributed by atoms with Crippen molar-refractivity contribution in [2.45, 2.75) is 51.5 Å². The zero-order chi connectivity index (χ0) is 13.2. The van der Waals surface area contributed by atoms with Crippen LogP contribution in [0, 0.1) is 23.2 Å². The topological polar surface area (TPSA) is 37.4 Å². The molecule has 1 heterocycles. The Morgan fingerprint density at radius 2 is 1.42 bits per heavy atom. The quantitative estimate of drug-likeness (QED) is 0.715. The van der Waals surface area contributed by atoms with Crippen LogP contribution in [0.25, 0.3) is 0 Å². The lowest BCUT2D eigenvalue weighted by molar-refractivity contribution is -0.150. The fourth-order valence-electron chi connectivity index (χ4n) is 5.76. The standard InChI is InChI=1S/C16H21NO2/c1-10(17-14(18)2-3-15(17)19)16-7-11-4-12(8-16)6-13(5-11)9-16/h2-3,10-13H,4-9H2,1H3. The molecule has 1 aliphatic heterocycles. The van der Waals surface area contributed by atoms with Crippen LogP contribution < -0.4 is 0 Å². The predicted molar refractivity (Wildman–Crippen MR) is 71.1 cm³/mol. The molecule has 4 saturated carbocycles. The summed E-state index contributed by atoms with van der Waals surface area (Å²) in [6, 6.07) is 0.0795. The summed E-state index contributed by atoms with van der Waals surface area (Å²) in [5, 5.41) is 0. The summed E-state index contributed by atoms with van der Waals surface area (Å²) < 4.78 is 0. The number of hydrogen-bond donors (Lipinski definition) is 0. The second kappa shape index (κ2) is 3.71. The van der Waals surface area contributed by atoms with Gasteiger partial charge in [-0.05, 0) is 68.6 Å². The molecule has 5 rings (SSSR count). The van der Waals surface area contributed by atoms with E-state index in [1.807, 2.05) is 0 Å². The second-order valence-electron chi connectivity index (χ2n) is 7.34. The Hall–Kier alpha value is -1.12. The molecule has 3 heteroatoms. The summed E-state index contributed by atoms with van der Waals surface area (Å²) in [4.78, 5) is 25.4. The first-order valence-corrected chi connectivity index (χ1v) is 7.63. The first kappa shape index (κ1) is 11.7. The molecule has 0 aromatic carbocycles. The number of carbonyl (C=O) groups excluding carboxylic acids is 2. The van der Waals surface area contributed by atoms with Crippen molar-refractivity contribution in [3.05, 3.63) is 12.2 Å². The van der Waals surface area contributed by atoms with Gasteiger partial charge in [0.1, 0.15) is 0 Å². The molecule has 4 aliphatic carbocycles. The third-order valence-electron chi connectivity index (χ3n) is 6.20. The van der Waals surface area contributed by atoms with Gasteiger partial charge in [-0.25, -0.2) is 0 Å². The molecule has 4 fully saturated rings. The van der Waals surface area contributed by atoms with Gasteiger partial charge in [-0.3, -0.25) is 14.5 Å². The second-order valence-corrected chi connectivity index (χ2v) is 7.34. The molecular weight excluding hydrogens is 238 g/mol. The highest BCUT2D eigenvalue weighted by molar-refractivity contribution is 6.13. The molecule has 0 aromatic rings. The Kier molecular flexibility index (Phi) is 2.28. The zero-order valence-electron chi connectivity index (χ0n) is 11.5. The van der Waals surface area contributed by atoms with Crippen LogP contribution in [0.2, 0.25) is 0 Å². The first-order chi connectivity index (χ1) is 9.07. The van der Waals surface area contributed by atoms with E-state index in [9.17, 15) is 9.59 Å². The normalized spacial score (nSPS) is 45.3. The van der Waals surface area contributed by atoms with E-state index in [1.165, 1.54) is 55.6 Å². The maximum Gasteiger partial charge on any atom is 0.253 e. The zero-order valence-corrected chi connectivity index (χ0v) is 11.5. The van der Waals surface area contributed by atoms with Crippen molar-refractivity contribution in [1.29, 1.82) is 0 Å². The highest BCUT2D eigenvalue weighted by Crippen LogP contribution is 2.62. The van der Waals surface area contributed by atoms with Crippen molar-refractivity contribution in [2.24, 2.45) is 23.2 Å². The number of imide groups is 1.